The summed E-state index contributed by atoms with van der Waals surface area (Å²) in [4.78, 5) is 8.47. The molecule has 0 spiro atoms. The highest BCUT2D eigenvalue weighted by molar-refractivity contribution is 9.08. The van der Waals surface area contributed by atoms with Crippen molar-refractivity contribution in [3.05, 3.63) is 34.4 Å². The molecule has 0 atom stereocenters. The Bertz CT molecular complexity index is 506. The van der Waals surface area contributed by atoms with E-state index < -0.39 is 0 Å². The van der Waals surface area contributed by atoms with Crippen LogP contribution < -0.4 is 0 Å². The van der Waals surface area contributed by atoms with Gasteiger partial charge in [-0.3, -0.25) is 0 Å². The Morgan fingerprint density at radius 2 is 1.94 bits per heavy atom. The van der Waals surface area contributed by atoms with Gasteiger partial charge >= 0.3 is 0 Å². The van der Waals surface area contributed by atoms with Gasteiger partial charge in [-0.25, -0.2) is 14.6 Å². The Kier molecular flexibility index (Phi) is 3.25. The van der Waals surface area contributed by atoms with Gasteiger partial charge in [-0.15, -0.1) is 0 Å². The molecule has 6 heteroatoms. The first-order valence-electron chi connectivity index (χ1n) is 4.72. The molecule has 0 saturated heterocycles. The summed E-state index contributed by atoms with van der Waals surface area (Å²) in [5, 5.41) is 5.69. The molecule has 0 aliphatic carbocycles. The third-order valence-electron chi connectivity index (χ3n) is 2.24. The first kappa shape index (κ1) is 11.5. The van der Waals surface area contributed by atoms with Crippen molar-refractivity contribution in [2.24, 2.45) is 0 Å². The van der Waals surface area contributed by atoms with E-state index in [4.69, 9.17) is 11.6 Å². The van der Waals surface area contributed by atoms with Gasteiger partial charge in [-0.05, 0) is 19.4 Å². The van der Waals surface area contributed by atoms with E-state index in [1.54, 1.807) is 17.1 Å². The van der Waals surface area contributed by atoms with E-state index in [0.29, 0.717) is 11.0 Å². The standard InChI is InChI=1S/C10H10BrClN4/c1-6-9(12)7(2)16(15-6)10-13-4-8(3-11)5-14-10/h4-5H,3H2,1-2H3. The first-order chi connectivity index (χ1) is 7.63. The topological polar surface area (TPSA) is 43.6 Å². The zero-order chi connectivity index (χ0) is 11.7. The minimum atomic E-state index is 0.539. The number of nitrogens with zero attached hydrogens (tertiary/aromatic N) is 4. The Morgan fingerprint density at radius 3 is 2.38 bits per heavy atom. The predicted molar refractivity (Wildman–Crippen MR) is 66.3 cm³/mol. The first-order valence-corrected chi connectivity index (χ1v) is 6.22. The SMILES string of the molecule is Cc1nn(-c2ncc(CBr)cn2)c(C)c1Cl. The number of alkyl halides is 1. The molecular formula is C10H10BrClN4. The molecule has 0 N–H and O–H groups in total. The van der Waals surface area contributed by atoms with E-state index in [1.165, 1.54) is 0 Å². The second-order valence-corrected chi connectivity index (χ2v) is 4.36. The molecule has 0 aliphatic heterocycles. The Morgan fingerprint density at radius 1 is 1.31 bits per heavy atom. The molecule has 0 aromatic carbocycles. The van der Waals surface area contributed by atoms with Gasteiger partial charge < -0.3 is 0 Å². The fourth-order valence-electron chi connectivity index (χ4n) is 1.34. The van der Waals surface area contributed by atoms with Gasteiger partial charge in [0.15, 0.2) is 0 Å². The highest BCUT2D eigenvalue weighted by atomic mass is 79.9. The molecule has 2 rings (SSSR count). The molecule has 0 saturated carbocycles. The van der Waals surface area contributed by atoms with Crippen molar-refractivity contribution < 1.29 is 0 Å². The Labute approximate surface area is 107 Å². The highest BCUT2D eigenvalue weighted by Crippen LogP contribution is 2.20. The summed E-state index contributed by atoms with van der Waals surface area (Å²) in [6, 6.07) is 0. The predicted octanol–water partition coefficient (Wildman–Crippen LogP) is 2.83. The number of hydrogen-bond acceptors (Lipinski definition) is 3. The number of hydrogen-bond donors (Lipinski definition) is 0. The normalized spacial score (nSPS) is 10.8. The van der Waals surface area contributed by atoms with Crippen LogP contribution in [0.15, 0.2) is 12.4 Å². The zero-order valence-electron chi connectivity index (χ0n) is 8.91. The van der Waals surface area contributed by atoms with Crippen LogP contribution in [0.3, 0.4) is 0 Å². The van der Waals surface area contributed by atoms with E-state index in [0.717, 1.165) is 22.3 Å². The smallest absolute Gasteiger partial charge is 0.219 e. The van der Waals surface area contributed by atoms with Gasteiger partial charge in [0.25, 0.3) is 5.95 Å². The van der Waals surface area contributed by atoms with E-state index >= 15 is 0 Å². The average Bonchev–Trinajstić information content (AvgIpc) is 2.57. The fourth-order valence-corrected chi connectivity index (χ4v) is 1.75. The van der Waals surface area contributed by atoms with Crippen LogP contribution in [0.4, 0.5) is 0 Å². The molecule has 0 fully saturated rings. The average molecular weight is 302 g/mol. The largest absolute Gasteiger partial charge is 0.250 e. The van der Waals surface area contributed by atoms with Crippen LogP contribution in [0.5, 0.6) is 0 Å². The number of aromatic nitrogens is 4. The van der Waals surface area contributed by atoms with Crippen molar-refractivity contribution in [3.63, 3.8) is 0 Å². The summed E-state index contributed by atoms with van der Waals surface area (Å²) in [5.41, 5.74) is 2.66. The molecule has 16 heavy (non-hydrogen) atoms. The maximum atomic E-state index is 6.06. The van der Waals surface area contributed by atoms with Crippen LogP contribution in [-0.4, -0.2) is 19.7 Å². The van der Waals surface area contributed by atoms with Crippen molar-refractivity contribution in [2.45, 2.75) is 19.2 Å². The van der Waals surface area contributed by atoms with Crippen molar-refractivity contribution in [1.82, 2.24) is 19.7 Å². The third-order valence-corrected chi connectivity index (χ3v) is 3.43. The number of rotatable bonds is 2. The van der Waals surface area contributed by atoms with Crippen LogP contribution in [0.25, 0.3) is 5.95 Å². The Balaban J connectivity index is 2.46. The van der Waals surface area contributed by atoms with E-state index in [-0.39, 0.29) is 0 Å². The van der Waals surface area contributed by atoms with Crippen LogP contribution in [0.2, 0.25) is 5.02 Å². The fraction of sp³-hybridized carbons (Fsp3) is 0.300. The second-order valence-electron chi connectivity index (χ2n) is 3.42. The van der Waals surface area contributed by atoms with Gasteiger partial charge in [0, 0.05) is 17.7 Å². The van der Waals surface area contributed by atoms with Crippen LogP contribution in [0, 0.1) is 13.8 Å². The summed E-state index contributed by atoms with van der Waals surface area (Å²) < 4.78 is 1.65. The van der Waals surface area contributed by atoms with Gasteiger partial charge in [0.1, 0.15) is 0 Å². The monoisotopic (exact) mass is 300 g/mol. The van der Waals surface area contributed by atoms with E-state index in [9.17, 15) is 0 Å². The van der Waals surface area contributed by atoms with E-state index in [2.05, 4.69) is 31.0 Å². The second kappa shape index (κ2) is 4.51. The molecule has 2 heterocycles. The molecule has 2 aromatic rings. The highest BCUT2D eigenvalue weighted by Gasteiger charge is 2.12. The quantitative estimate of drug-likeness (QED) is 0.801. The van der Waals surface area contributed by atoms with Crippen molar-refractivity contribution in [2.75, 3.05) is 0 Å². The lowest BCUT2D eigenvalue weighted by Crippen LogP contribution is -2.04. The molecule has 4 nitrogen and oxygen atoms in total. The maximum absolute atomic E-state index is 6.06. The van der Waals surface area contributed by atoms with Gasteiger partial charge in [0.2, 0.25) is 0 Å². The minimum Gasteiger partial charge on any atom is -0.219 e. The molecular weight excluding hydrogens is 291 g/mol. The minimum absolute atomic E-state index is 0.539. The summed E-state index contributed by atoms with van der Waals surface area (Å²) in [6.07, 6.45) is 3.53. The molecule has 84 valence electrons. The zero-order valence-corrected chi connectivity index (χ0v) is 11.2. The number of aryl methyl sites for hydroxylation is 1. The lowest BCUT2D eigenvalue weighted by molar-refractivity contribution is 0.771. The Hall–Kier alpha value is -0.940. The third kappa shape index (κ3) is 1.97. The van der Waals surface area contributed by atoms with Gasteiger partial charge in [-0.2, -0.15) is 5.10 Å². The van der Waals surface area contributed by atoms with Crippen LogP contribution in [0.1, 0.15) is 17.0 Å². The van der Waals surface area contributed by atoms with Crippen molar-refractivity contribution in [1.29, 1.82) is 0 Å². The lowest BCUT2D eigenvalue weighted by Gasteiger charge is -2.02. The maximum Gasteiger partial charge on any atom is 0.250 e. The van der Waals surface area contributed by atoms with E-state index in [1.807, 2.05) is 13.8 Å². The molecule has 0 bridgehead atoms. The van der Waals surface area contributed by atoms with Crippen molar-refractivity contribution >= 4 is 27.5 Å². The lowest BCUT2D eigenvalue weighted by atomic mass is 10.4. The summed E-state index contributed by atoms with van der Waals surface area (Å²) in [5.74, 6) is 0.539. The molecule has 0 aliphatic rings. The molecule has 0 amide bonds. The summed E-state index contributed by atoms with van der Waals surface area (Å²) >= 11 is 9.41. The molecule has 0 radical (unpaired) electrons. The summed E-state index contributed by atoms with van der Waals surface area (Å²) in [6.45, 7) is 3.75. The number of halogens is 2. The van der Waals surface area contributed by atoms with Crippen LogP contribution in [-0.2, 0) is 5.33 Å². The molecule has 0 unspecified atom stereocenters. The van der Waals surface area contributed by atoms with Crippen molar-refractivity contribution in [3.8, 4) is 5.95 Å². The van der Waals surface area contributed by atoms with Gasteiger partial charge in [0.05, 0.1) is 16.4 Å². The van der Waals surface area contributed by atoms with Crippen LogP contribution >= 0.6 is 27.5 Å². The molecule has 2 aromatic heterocycles. The summed E-state index contributed by atoms with van der Waals surface area (Å²) in [7, 11) is 0. The van der Waals surface area contributed by atoms with Gasteiger partial charge in [-0.1, -0.05) is 27.5 Å².